The minimum atomic E-state index is -1.73. The van der Waals surface area contributed by atoms with Gasteiger partial charge in [-0.2, -0.15) is 0 Å². The minimum Gasteiger partial charge on any atom is -0.410 e. The summed E-state index contributed by atoms with van der Waals surface area (Å²) < 4.78 is 6.15. The molecule has 1 aliphatic carbocycles. The summed E-state index contributed by atoms with van der Waals surface area (Å²) in [6.45, 7) is 13.0. The molecule has 1 aliphatic rings. The molecule has 0 fully saturated rings. The van der Waals surface area contributed by atoms with Crippen LogP contribution in [0.5, 0.6) is 0 Å². The Morgan fingerprint density at radius 1 is 1.40 bits per heavy atom. The van der Waals surface area contributed by atoms with Crippen LogP contribution in [0.1, 0.15) is 34.1 Å². The van der Waals surface area contributed by atoms with E-state index < -0.39 is 8.32 Å². The first-order chi connectivity index (χ1) is 6.63. The summed E-state index contributed by atoms with van der Waals surface area (Å²) in [4.78, 5) is 11.4. The molecule has 0 radical (unpaired) electrons. The van der Waals surface area contributed by atoms with E-state index in [-0.39, 0.29) is 16.9 Å². The Morgan fingerprint density at radius 3 is 2.27 bits per heavy atom. The number of Topliss-reactive ketones (excluding diaryl/α,β-unsaturated/α-hetero) is 1. The number of carbonyl (C=O) groups excluding carboxylic acids is 1. The van der Waals surface area contributed by atoms with Gasteiger partial charge in [0, 0.05) is 6.42 Å². The standard InChI is InChI=1S/C12H22O2Si/c1-9-7-10(8-11(9)13)14-15(5,6)12(2,3)4/h7,10H,8H2,1-6H3/t10-/m0/s1. The normalized spacial score (nSPS) is 23.2. The second-order valence-corrected chi connectivity index (χ2v) is 10.6. The van der Waals surface area contributed by atoms with Gasteiger partial charge in [-0.1, -0.05) is 26.8 Å². The predicted molar refractivity (Wildman–Crippen MR) is 65.5 cm³/mol. The Hall–Kier alpha value is -0.413. The molecule has 0 amide bonds. The van der Waals surface area contributed by atoms with Gasteiger partial charge in [0.1, 0.15) is 0 Å². The lowest BCUT2D eigenvalue weighted by Gasteiger charge is -2.37. The number of carbonyl (C=O) groups is 1. The van der Waals surface area contributed by atoms with Gasteiger partial charge < -0.3 is 4.43 Å². The molecule has 15 heavy (non-hydrogen) atoms. The van der Waals surface area contributed by atoms with Crippen LogP contribution in [0.2, 0.25) is 18.1 Å². The van der Waals surface area contributed by atoms with Crippen molar-refractivity contribution in [2.24, 2.45) is 0 Å². The highest BCUT2D eigenvalue weighted by Gasteiger charge is 2.40. The van der Waals surface area contributed by atoms with Crippen LogP contribution >= 0.6 is 0 Å². The lowest BCUT2D eigenvalue weighted by molar-refractivity contribution is -0.115. The van der Waals surface area contributed by atoms with E-state index in [1.54, 1.807) is 0 Å². The van der Waals surface area contributed by atoms with Crippen LogP contribution in [0.15, 0.2) is 11.6 Å². The molecule has 0 aromatic carbocycles. The molecule has 0 saturated carbocycles. The van der Waals surface area contributed by atoms with Gasteiger partial charge in [0.2, 0.25) is 0 Å². The van der Waals surface area contributed by atoms with Crippen molar-refractivity contribution in [2.75, 3.05) is 0 Å². The lowest BCUT2D eigenvalue weighted by atomic mass is 10.2. The van der Waals surface area contributed by atoms with E-state index in [0.29, 0.717) is 6.42 Å². The number of ketones is 1. The first kappa shape index (κ1) is 12.7. The van der Waals surface area contributed by atoms with Gasteiger partial charge in [-0.3, -0.25) is 4.79 Å². The van der Waals surface area contributed by atoms with E-state index >= 15 is 0 Å². The summed E-state index contributed by atoms with van der Waals surface area (Å²) in [5.41, 5.74) is 0.860. The zero-order valence-corrected chi connectivity index (χ0v) is 11.7. The summed E-state index contributed by atoms with van der Waals surface area (Å²) in [6.07, 6.45) is 2.54. The third-order valence-corrected chi connectivity index (χ3v) is 8.02. The molecule has 2 nitrogen and oxygen atoms in total. The Morgan fingerprint density at radius 2 is 1.93 bits per heavy atom. The van der Waals surface area contributed by atoms with Gasteiger partial charge in [-0.15, -0.1) is 0 Å². The van der Waals surface area contributed by atoms with Gasteiger partial charge in [0.05, 0.1) is 6.10 Å². The van der Waals surface area contributed by atoms with Crippen LogP contribution in [0, 0.1) is 0 Å². The average Bonchev–Trinajstić information content (AvgIpc) is 2.27. The molecular weight excluding hydrogens is 204 g/mol. The largest absolute Gasteiger partial charge is 0.410 e. The fourth-order valence-electron chi connectivity index (χ4n) is 1.41. The van der Waals surface area contributed by atoms with Crippen molar-refractivity contribution in [1.82, 2.24) is 0 Å². The quantitative estimate of drug-likeness (QED) is 0.675. The highest BCUT2D eigenvalue weighted by atomic mass is 28.4. The number of allylic oxidation sites excluding steroid dienone is 1. The van der Waals surface area contributed by atoms with Crippen LogP contribution < -0.4 is 0 Å². The molecule has 0 spiro atoms. The molecular formula is C12H22O2Si. The van der Waals surface area contributed by atoms with Crippen LogP contribution in [0.25, 0.3) is 0 Å². The van der Waals surface area contributed by atoms with Gasteiger partial charge in [0.25, 0.3) is 0 Å². The van der Waals surface area contributed by atoms with Crippen LogP contribution in [-0.2, 0) is 9.22 Å². The molecule has 0 aliphatic heterocycles. The van der Waals surface area contributed by atoms with Crippen molar-refractivity contribution in [1.29, 1.82) is 0 Å². The van der Waals surface area contributed by atoms with E-state index in [1.165, 1.54) is 0 Å². The second kappa shape index (κ2) is 3.87. The average molecular weight is 226 g/mol. The third-order valence-electron chi connectivity index (χ3n) is 3.51. The molecule has 0 aromatic heterocycles. The minimum absolute atomic E-state index is 0.0263. The van der Waals surface area contributed by atoms with Crippen molar-refractivity contribution in [3.8, 4) is 0 Å². The van der Waals surface area contributed by atoms with Crippen molar-refractivity contribution >= 4 is 14.1 Å². The fraction of sp³-hybridized carbons (Fsp3) is 0.750. The van der Waals surface area contributed by atoms with Crippen molar-refractivity contribution in [3.05, 3.63) is 11.6 Å². The number of hydrogen-bond acceptors (Lipinski definition) is 2. The Bertz CT molecular complexity index is 297. The van der Waals surface area contributed by atoms with Crippen molar-refractivity contribution in [2.45, 2.75) is 58.4 Å². The summed E-state index contributed by atoms with van der Waals surface area (Å²) in [5, 5.41) is 0.209. The molecule has 0 bridgehead atoms. The smallest absolute Gasteiger partial charge is 0.192 e. The zero-order chi connectivity index (χ0) is 11.9. The highest BCUT2D eigenvalue weighted by Crippen LogP contribution is 2.38. The molecule has 0 aromatic rings. The van der Waals surface area contributed by atoms with Crippen molar-refractivity contribution < 1.29 is 9.22 Å². The van der Waals surface area contributed by atoms with Crippen LogP contribution in [0.3, 0.4) is 0 Å². The second-order valence-electron chi connectivity index (χ2n) is 5.89. The Labute approximate surface area is 93.8 Å². The maximum atomic E-state index is 11.4. The molecule has 0 heterocycles. The van der Waals surface area contributed by atoms with E-state index in [0.717, 1.165) is 5.57 Å². The maximum Gasteiger partial charge on any atom is 0.192 e. The lowest BCUT2D eigenvalue weighted by Crippen LogP contribution is -2.43. The first-order valence-corrected chi connectivity index (χ1v) is 8.44. The third kappa shape index (κ3) is 2.79. The predicted octanol–water partition coefficient (Wildman–Crippen LogP) is 3.30. The molecule has 0 unspecified atom stereocenters. The fourth-order valence-corrected chi connectivity index (χ4v) is 2.67. The van der Waals surface area contributed by atoms with Gasteiger partial charge >= 0.3 is 0 Å². The van der Waals surface area contributed by atoms with Gasteiger partial charge in [-0.05, 0) is 30.6 Å². The van der Waals surface area contributed by atoms with E-state index in [1.807, 2.05) is 13.0 Å². The topological polar surface area (TPSA) is 26.3 Å². The number of hydrogen-bond donors (Lipinski definition) is 0. The molecule has 0 N–H and O–H groups in total. The summed E-state index contributed by atoms with van der Waals surface area (Å²) in [5.74, 6) is 0.235. The summed E-state index contributed by atoms with van der Waals surface area (Å²) in [7, 11) is -1.73. The zero-order valence-electron chi connectivity index (χ0n) is 10.7. The SMILES string of the molecule is CC1=C[C@H](O[Si](C)(C)C(C)(C)C)CC1=O. The van der Waals surface area contributed by atoms with E-state index in [2.05, 4.69) is 33.9 Å². The molecule has 3 heteroatoms. The molecule has 1 rings (SSSR count). The Kier molecular flexibility index (Phi) is 3.26. The molecule has 0 saturated heterocycles. The monoisotopic (exact) mass is 226 g/mol. The Balaban J connectivity index is 2.69. The molecule has 1 atom stereocenters. The summed E-state index contributed by atoms with van der Waals surface area (Å²) >= 11 is 0. The summed E-state index contributed by atoms with van der Waals surface area (Å²) in [6, 6.07) is 0. The van der Waals surface area contributed by atoms with Crippen LogP contribution in [-0.4, -0.2) is 20.2 Å². The number of rotatable bonds is 2. The van der Waals surface area contributed by atoms with Gasteiger partial charge in [0.15, 0.2) is 14.1 Å². The van der Waals surface area contributed by atoms with E-state index in [4.69, 9.17) is 4.43 Å². The highest BCUT2D eigenvalue weighted by molar-refractivity contribution is 6.74. The van der Waals surface area contributed by atoms with Gasteiger partial charge in [-0.25, -0.2) is 0 Å². The van der Waals surface area contributed by atoms with E-state index in [9.17, 15) is 4.79 Å². The van der Waals surface area contributed by atoms with Crippen LogP contribution in [0.4, 0.5) is 0 Å². The first-order valence-electron chi connectivity index (χ1n) is 5.53. The maximum absolute atomic E-state index is 11.4. The molecule has 86 valence electrons. The van der Waals surface area contributed by atoms with Crippen molar-refractivity contribution in [3.63, 3.8) is 0 Å².